The van der Waals surface area contributed by atoms with E-state index < -0.39 is 5.91 Å². The van der Waals surface area contributed by atoms with Crippen molar-refractivity contribution in [2.24, 2.45) is 12.1 Å². The van der Waals surface area contributed by atoms with Crippen LogP contribution in [0, 0.1) is 0 Å². The molecule has 2 aromatic carbocycles. The Kier molecular flexibility index (Phi) is 4.65. The first-order valence-electron chi connectivity index (χ1n) is 8.69. The molecule has 4 aromatic rings. The van der Waals surface area contributed by atoms with Gasteiger partial charge in [-0.3, -0.25) is 9.59 Å². The highest BCUT2D eigenvalue weighted by Gasteiger charge is 2.15. The summed E-state index contributed by atoms with van der Waals surface area (Å²) in [7, 11) is 1.50. The van der Waals surface area contributed by atoms with Crippen molar-refractivity contribution in [2.75, 3.05) is 0 Å². The number of hydrazone groups is 1. The van der Waals surface area contributed by atoms with E-state index in [4.69, 9.17) is 0 Å². The van der Waals surface area contributed by atoms with Crippen LogP contribution < -0.4 is 11.0 Å². The molecule has 0 atom stereocenters. The number of fused-ring (bicyclic) bond motifs is 1. The Morgan fingerprint density at radius 1 is 1.10 bits per heavy atom. The normalized spacial score (nSPS) is 11.6. The molecule has 10 heteroatoms. The lowest BCUT2D eigenvalue weighted by atomic mass is 10.1. The molecule has 0 unspecified atom stereocenters. The van der Waals surface area contributed by atoms with Gasteiger partial charge in [-0.1, -0.05) is 30.3 Å². The molecule has 0 saturated heterocycles. The molecule has 2 aromatic heterocycles. The molecule has 0 spiro atoms. The molecule has 4 rings (SSSR count). The highest BCUT2D eigenvalue weighted by Crippen LogP contribution is 2.13. The zero-order chi connectivity index (χ0) is 20.4. The van der Waals surface area contributed by atoms with E-state index in [9.17, 15) is 9.59 Å². The Morgan fingerprint density at radius 2 is 1.90 bits per heavy atom. The number of benzene rings is 2. The summed E-state index contributed by atoms with van der Waals surface area (Å²) in [5.74, 6) is -0.507. The molecule has 2 heterocycles. The van der Waals surface area contributed by atoms with Crippen LogP contribution in [-0.4, -0.2) is 41.6 Å². The summed E-state index contributed by atoms with van der Waals surface area (Å²) in [5, 5.41) is 20.3. The van der Waals surface area contributed by atoms with Crippen LogP contribution >= 0.6 is 0 Å². The summed E-state index contributed by atoms with van der Waals surface area (Å²) in [6.07, 6.45) is 1.49. The monoisotopic (exact) mass is 388 g/mol. The van der Waals surface area contributed by atoms with E-state index in [2.05, 4.69) is 31.2 Å². The number of rotatable bonds is 4. The van der Waals surface area contributed by atoms with Crippen molar-refractivity contribution in [3.63, 3.8) is 0 Å². The maximum atomic E-state index is 12.7. The maximum absolute atomic E-state index is 12.7. The fourth-order valence-corrected chi connectivity index (χ4v) is 2.87. The fourth-order valence-electron chi connectivity index (χ4n) is 2.87. The topological polar surface area (TPSA) is 120 Å². The minimum Gasteiger partial charge on any atom is -0.267 e. The number of tetrazole rings is 1. The first-order chi connectivity index (χ1) is 14.0. The lowest BCUT2D eigenvalue weighted by Crippen LogP contribution is -2.27. The first-order valence-corrected chi connectivity index (χ1v) is 8.69. The van der Waals surface area contributed by atoms with Crippen molar-refractivity contribution in [3.8, 4) is 5.69 Å². The van der Waals surface area contributed by atoms with Gasteiger partial charge >= 0.3 is 0 Å². The van der Waals surface area contributed by atoms with Crippen LogP contribution in [0.15, 0.2) is 64.8 Å². The van der Waals surface area contributed by atoms with Crippen molar-refractivity contribution in [1.29, 1.82) is 0 Å². The molecule has 0 saturated carbocycles. The van der Waals surface area contributed by atoms with Gasteiger partial charge in [0, 0.05) is 12.4 Å². The van der Waals surface area contributed by atoms with Crippen LogP contribution in [-0.2, 0) is 7.05 Å². The molecule has 0 radical (unpaired) electrons. The molecule has 0 bridgehead atoms. The number of carbonyl (C=O) groups is 1. The molecule has 29 heavy (non-hydrogen) atoms. The minimum atomic E-state index is -0.507. The number of carbonyl (C=O) groups excluding carboxylic acids is 1. The highest BCUT2D eigenvalue weighted by molar-refractivity contribution is 6.06. The van der Waals surface area contributed by atoms with Crippen LogP contribution in [0.25, 0.3) is 16.5 Å². The summed E-state index contributed by atoms with van der Waals surface area (Å²) < 4.78 is 2.67. The zero-order valence-electron chi connectivity index (χ0n) is 15.6. The lowest BCUT2D eigenvalue weighted by molar-refractivity contribution is 0.0949. The van der Waals surface area contributed by atoms with Crippen molar-refractivity contribution in [2.45, 2.75) is 6.92 Å². The van der Waals surface area contributed by atoms with E-state index in [1.54, 1.807) is 31.2 Å². The SMILES string of the molecule is C/C(=N/NC(=O)c1nn(C)c(=O)c2ccccc12)c1cccc(-n2cnnn2)c1. The van der Waals surface area contributed by atoms with Gasteiger partial charge in [0.1, 0.15) is 6.33 Å². The summed E-state index contributed by atoms with van der Waals surface area (Å²) in [4.78, 5) is 24.9. The quantitative estimate of drug-likeness (QED) is 0.412. The van der Waals surface area contributed by atoms with Crippen molar-refractivity contribution in [1.82, 2.24) is 35.4 Å². The van der Waals surface area contributed by atoms with Crippen molar-refractivity contribution >= 4 is 22.4 Å². The van der Waals surface area contributed by atoms with Gasteiger partial charge in [0.25, 0.3) is 11.5 Å². The number of hydrogen-bond donors (Lipinski definition) is 1. The molecule has 10 nitrogen and oxygen atoms in total. The molecule has 0 fully saturated rings. The maximum Gasteiger partial charge on any atom is 0.292 e. The second-order valence-electron chi connectivity index (χ2n) is 6.27. The fraction of sp³-hybridized carbons (Fsp3) is 0.105. The average Bonchev–Trinajstić information content (AvgIpc) is 3.29. The van der Waals surface area contributed by atoms with E-state index in [1.807, 2.05) is 24.3 Å². The second kappa shape index (κ2) is 7.43. The Bertz CT molecular complexity index is 1290. The highest BCUT2D eigenvalue weighted by atomic mass is 16.2. The number of hydrogen-bond acceptors (Lipinski definition) is 7. The van der Waals surface area contributed by atoms with Crippen LogP contribution in [0.4, 0.5) is 0 Å². The van der Waals surface area contributed by atoms with Crippen LogP contribution in [0.5, 0.6) is 0 Å². The predicted molar refractivity (Wildman–Crippen MR) is 106 cm³/mol. The van der Waals surface area contributed by atoms with E-state index in [0.29, 0.717) is 16.5 Å². The van der Waals surface area contributed by atoms with Gasteiger partial charge in [0.05, 0.1) is 16.8 Å². The van der Waals surface area contributed by atoms with Gasteiger partial charge in [0.2, 0.25) is 0 Å². The standard InChI is InChI=1S/C19H16N8O2/c1-12(13-6-5-7-14(10-13)27-11-20-24-25-27)21-22-18(28)17-15-8-3-4-9-16(15)19(29)26(2)23-17/h3-11H,1-2H3,(H,22,28)/b21-12-. The molecular formula is C19H16N8O2. The van der Waals surface area contributed by atoms with Crippen LogP contribution in [0.1, 0.15) is 23.0 Å². The van der Waals surface area contributed by atoms with E-state index in [-0.39, 0.29) is 11.3 Å². The third-order valence-corrected chi connectivity index (χ3v) is 4.37. The van der Waals surface area contributed by atoms with Gasteiger partial charge in [-0.15, -0.1) is 5.10 Å². The number of aryl methyl sites for hydroxylation is 1. The Hall–Kier alpha value is -4.21. The molecule has 1 amide bonds. The average molecular weight is 388 g/mol. The van der Waals surface area contributed by atoms with Gasteiger partial charge < -0.3 is 0 Å². The van der Waals surface area contributed by atoms with Gasteiger partial charge in [-0.2, -0.15) is 10.2 Å². The number of nitrogens with one attached hydrogen (secondary N) is 1. The number of aromatic nitrogens is 6. The first kappa shape index (κ1) is 18.2. The molecular weight excluding hydrogens is 372 g/mol. The van der Waals surface area contributed by atoms with Gasteiger partial charge in [-0.05, 0) is 41.1 Å². The molecule has 1 N–H and O–H groups in total. The Morgan fingerprint density at radius 3 is 2.66 bits per heavy atom. The van der Waals surface area contributed by atoms with Gasteiger partial charge in [0.15, 0.2) is 5.69 Å². The predicted octanol–water partition coefficient (Wildman–Crippen LogP) is 1.06. The summed E-state index contributed by atoms with van der Waals surface area (Å²) in [6.45, 7) is 1.77. The van der Waals surface area contributed by atoms with Crippen LogP contribution in [0.3, 0.4) is 0 Å². The summed E-state index contributed by atoms with van der Waals surface area (Å²) in [6, 6.07) is 14.2. The molecule has 0 aliphatic carbocycles. The van der Waals surface area contributed by atoms with Crippen LogP contribution in [0.2, 0.25) is 0 Å². The van der Waals surface area contributed by atoms with E-state index in [1.165, 1.54) is 18.1 Å². The Labute approximate surface area is 164 Å². The van der Waals surface area contributed by atoms with Crippen molar-refractivity contribution in [3.05, 3.63) is 76.5 Å². The summed E-state index contributed by atoms with van der Waals surface area (Å²) >= 11 is 0. The lowest BCUT2D eigenvalue weighted by Gasteiger charge is -2.08. The third kappa shape index (κ3) is 3.50. The third-order valence-electron chi connectivity index (χ3n) is 4.37. The van der Waals surface area contributed by atoms with E-state index >= 15 is 0 Å². The minimum absolute atomic E-state index is 0.127. The number of amides is 1. The van der Waals surface area contributed by atoms with Gasteiger partial charge in [-0.25, -0.2) is 14.8 Å². The molecule has 144 valence electrons. The largest absolute Gasteiger partial charge is 0.292 e. The van der Waals surface area contributed by atoms with Crippen molar-refractivity contribution < 1.29 is 4.79 Å². The molecule has 0 aliphatic heterocycles. The molecule has 0 aliphatic rings. The Balaban J connectivity index is 1.62. The number of nitrogens with zero attached hydrogens (tertiary/aromatic N) is 7. The zero-order valence-corrected chi connectivity index (χ0v) is 15.6. The van der Waals surface area contributed by atoms with E-state index in [0.717, 1.165) is 15.9 Å². The second-order valence-corrected chi connectivity index (χ2v) is 6.27. The smallest absolute Gasteiger partial charge is 0.267 e. The summed E-state index contributed by atoms with van der Waals surface area (Å²) in [5.41, 5.74) is 4.51.